The smallest absolute Gasteiger partial charge is 0.344 e. The van der Waals surface area contributed by atoms with E-state index in [0.29, 0.717) is 15.6 Å². The molecule has 4 aromatic carbocycles. The molecule has 4 rings (SSSR count). The number of hydrogen-bond acceptors (Lipinski definition) is 6. The molecule has 8 nitrogen and oxygen atoms in total. The number of nitro groups is 1. The summed E-state index contributed by atoms with van der Waals surface area (Å²) in [4.78, 5) is 35.7. The second-order valence-electron chi connectivity index (χ2n) is 7.54. The van der Waals surface area contributed by atoms with Crippen LogP contribution in [0.5, 0.6) is 5.75 Å². The summed E-state index contributed by atoms with van der Waals surface area (Å²) in [7, 11) is 0. The van der Waals surface area contributed by atoms with E-state index in [1.165, 1.54) is 30.3 Å². The highest BCUT2D eigenvalue weighted by Gasteiger charge is 2.15. The van der Waals surface area contributed by atoms with Crippen LogP contribution in [0.25, 0.3) is 16.8 Å². The molecule has 0 radical (unpaired) electrons. The average molecular weight is 542 g/mol. The molecule has 36 heavy (non-hydrogen) atoms. The average Bonchev–Trinajstić information content (AvgIpc) is 2.88. The molecule has 0 aliphatic heterocycles. The fourth-order valence-electron chi connectivity index (χ4n) is 3.46. The predicted octanol–water partition coefficient (Wildman–Crippen LogP) is 6.28. The van der Waals surface area contributed by atoms with Crippen LogP contribution in [-0.2, 0) is 4.79 Å². The Morgan fingerprint density at radius 2 is 1.75 bits per heavy atom. The van der Waals surface area contributed by atoms with Crippen LogP contribution < -0.4 is 10.1 Å². The summed E-state index contributed by atoms with van der Waals surface area (Å²) in [6.07, 6.45) is 1.35. The largest absolute Gasteiger partial charge is 0.422 e. The van der Waals surface area contributed by atoms with Crippen molar-refractivity contribution in [2.24, 2.45) is 0 Å². The first kappa shape index (κ1) is 24.3. The topological polar surface area (TPSA) is 122 Å². The number of carbonyl (C=O) groups is 2. The van der Waals surface area contributed by atoms with E-state index in [1.807, 2.05) is 36.4 Å². The molecular weight excluding hydrogens is 526 g/mol. The van der Waals surface area contributed by atoms with Crippen molar-refractivity contribution in [3.8, 4) is 11.8 Å². The number of fused-ring (bicyclic) bond motifs is 1. The minimum atomic E-state index is -0.722. The number of benzene rings is 4. The number of nitrogens with one attached hydrogen (secondary N) is 1. The molecule has 0 aliphatic rings. The Bertz CT molecular complexity index is 1580. The SMILES string of the molecule is N#C/C(=C\c1ccc(OC(=O)c2cccc3ccccc23)c(Br)c1)C(=O)Nc1cccc([N+](=O)[O-])c1. The van der Waals surface area contributed by atoms with Crippen LogP contribution in [0.3, 0.4) is 0 Å². The standard InChI is InChI=1S/C27H16BrN3O5/c28-24-14-17(13-19(16-29)26(32)30-20-7-4-8-21(15-20)31(34)35)11-12-25(24)36-27(33)23-10-3-6-18-5-1-2-9-22(18)23/h1-15H,(H,30,32)/b19-13+. The molecule has 0 atom stereocenters. The Balaban J connectivity index is 1.52. The Kier molecular flexibility index (Phi) is 7.18. The van der Waals surface area contributed by atoms with E-state index in [2.05, 4.69) is 21.2 Å². The van der Waals surface area contributed by atoms with Gasteiger partial charge in [0, 0.05) is 17.8 Å². The molecule has 9 heteroatoms. The number of carbonyl (C=O) groups excluding carboxylic acids is 2. The van der Waals surface area contributed by atoms with E-state index in [9.17, 15) is 25.0 Å². The van der Waals surface area contributed by atoms with E-state index in [0.717, 1.165) is 10.8 Å². The summed E-state index contributed by atoms with van der Waals surface area (Å²) in [5.41, 5.74) is 0.708. The predicted molar refractivity (Wildman–Crippen MR) is 138 cm³/mol. The maximum Gasteiger partial charge on any atom is 0.344 e. The van der Waals surface area contributed by atoms with Crippen LogP contribution >= 0.6 is 15.9 Å². The molecule has 0 saturated heterocycles. The lowest BCUT2D eigenvalue weighted by Crippen LogP contribution is -2.13. The molecule has 0 aromatic heterocycles. The van der Waals surface area contributed by atoms with Gasteiger partial charge in [-0.25, -0.2) is 4.79 Å². The number of ether oxygens (including phenoxy) is 1. The quantitative estimate of drug-likeness (QED) is 0.0765. The Morgan fingerprint density at radius 3 is 2.50 bits per heavy atom. The highest BCUT2D eigenvalue weighted by atomic mass is 79.9. The monoisotopic (exact) mass is 541 g/mol. The summed E-state index contributed by atoms with van der Waals surface area (Å²) in [5.74, 6) is -0.977. The first-order valence-corrected chi connectivity index (χ1v) is 11.3. The highest BCUT2D eigenvalue weighted by molar-refractivity contribution is 9.10. The minimum Gasteiger partial charge on any atom is -0.422 e. The number of nitriles is 1. The fourth-order valence-corrected chi connectivity index (χ4v) is 3.94. The van der Waals surface area contributed by atoms with Crippen LogP contribution in [0.1, 0.15) is 15.9 Å². The van der Waals surface area contributed by atoms with Gasteiger partial charge in [0.1, 0.15) is 17.4 Å². The van der Waals surface area contributed by atoms with Crippen molar-refractivity contribution in [3.63, 3.8) is 0 Å². The number of nitro benzene ring substituents is 1. The maximum absolute atomic E-state index is 12.8. The van der Waals surface area contributed by atoms with Gasteiger partial charge in [0.15, 0.2) is 0 Å². The Morgan fingerprint density at radius 1 is 1.00 bits per heavy atom. The summed E-state index contributed by atoms with van der Waals surface area (Å²) in [6, 6.07) is 24.8. The summed E-state index contributed by atoms with van der Waals surface area (Å²) >= 11 is 3.37. The van der Waals surface area contributed by atoms with Crippen molar-refractivity contribution in [1.82, 2.24) is 0 Å². The van der Waals surface area contributed by atoms with Crippen LogP contribution in [0.4, 0.5) is 11.4 Å². The van der Waals surface area contributed by atoms with Gasteiger partial charge in [-0.2, -0.15) is 5.26 Å². The molecule has 0 heterocycles. The number of anilines is 1. The molecule has 1 N–H and O–H groups in total. The van der Waals surface area contributed by atoms with E-state index < -0.39 is 16.8 Å². The summed E-state index contributed by atoms with van der Waals surface area (Å²) < 4.78 is 6.02. The lowest BCUT2D eigenvalue weighted by atomic mass is 10.0. The molecule has 0 spiro atoms. The second-order valence-corrected chi connectivity index (χ2v) is 8.39. The molecule has 4 aromatic rings. The van der Waals surface area contributed by atoms with Crippen LogP contribution in [0.2, 0.25) is 0 Å². The van der Waals surface area contributed by atoms with Gasteiger partial charge < -0.3 is 10.1 Å². The lowest BCUT2D eigenvalue weighted by Gasteiger charge is -2.09. The van der Waals surface area contributed by atoms with Crippen molar-refractivity contribution in [2.75, 3.05) is 5.32 Å². The van der Waals surface area contributed by atoms with Gasteiger partial charge in [0.25, 0.3) is 11.6 Å². The Hall–Kier alpha value is -4.81. The lowest BCUT2D eigenvalue weighted by molar-refractivity contribution is -0.384. The van der Waals surface area contributed by atoms with Gasteiger partial charge >= 0.3 is 5.97 Å². The van der Waals surface area contributed by atoms with E-state index in [4.69, 9.17) is 4.74 Å². The van der Waals surface area contributed by atoms with Crippen LogP contribution in [0, 0.1) is 21.4 Å². The van der Waals surface area contributed by atoms with Gasteiger partial charge in [-0.1, -0.05) is 48.5 Å². The normalized spacial score (nSPS) is 10.9. The van der Waals surface area contributed by atoms with Gasteiger partial charge in [-0.05, 0) is 62.6 Å². The van der Waals surface area contributed by atoms with Crippen molar-refractivity contribution in [1.29, 1.82) is 5.26 Å². The van der Waals surface area contributed by atoms with E-state index >= 15 is 0 Å². The number of rotatable bonds is 6. The van der Waals surface area contributed by atoms with E-state index in [-0.39, 0.29) is 22.7 Å². The van der Waals surface area contributed by atoms with Crippen molar-refractivity contribution >= 4 is 56.0 Å². The fraction of sp³-hybridized carbons (Fsp3) is 0. The number of esters is 1. The first-order chi connectivity index (χ1) is 17.4. The zero-order chi connectivity index (χ0) is 25.7. The third-order valence-electron chi connectivity index (χ3n) is 5.16. The minimum absolute atomic E-state index is 0.187. The molecule has 176 valence electrons. The summed E-state index contributed by atoms with van der Waals surface area (Å²) in [5, 5.41) is 24.6. The van der Waals surface area contributed by atoms with Gasteiger partial charge in [-0.15, -0.1) is 0 Å². The van der Waals surface area contributed by atoms with Crippen molar-refractivity contribution < 1.29 is 19.2 Å². The zero-order valence-corrected chi connectivity index (χ0v) is 20.1. The molecule has 0 fully saturated rings. The summed E-state index contributed by atoms with van der Waals surface area (Å²) in [6.45, 7) is 0. The molecule has 0 aliphatic carbocycles. The zero-order valence-electron chi connectivity index (χ0n) is 18.5. The van der Waals surface area contributed by atoms with Crippen LogP contribution in [0.15, 0.2) is 95.0 Å². The molecular formula is C27H16BrN3O5. The van der Waals surface area contributed by atoms with Crippen molar-refractivity contribution in [2.45, 2.75) is 0 Å². The number of non-ortho nitro benzene ring substituents is 1. The van der Waals surface area contributed by atoms with E-state index in [1.54, 1.807) is 30.3 Å². The van der Waals surface area contributed by atoms with Crippen molar-refractivity contribution in [3.05, 3.63) is 116 Å². The molecule has 0 bridgehead atoms. The number of amides is 1. The molecule has 0 saturated carbocycles. The second kappa shape index (κ2) is 10.6. The van der Waals surface area contributed by atoms with Gasteiger partial charge in [-0.3, -0.25) is 14.9 Å². The third kappa shape index (κ3) is 5.46. The number of halogens is 1. The van der Waals surface area contributed by atoms with Crippen LogP contribution in [-0.4, -0.2) is 16.8 Å². The highest BCUT2D eigenvalue weighted by Crippen LogP contribution is 2.29. The Labute approximate surface area is 213 Å². The number of nitrogens with zero attached hydrogens (tertiary/aromatic N) is 2. The third-order valence-corrected chi connectivity index (χ3v) is 5.78. The molecule has 0 unspecified atom stereocenters. The number of hydrogen-bond donors (Lipinski definition) is 1. The van der Waals surface area contributed by atoms with Gasteiger partial charge in [0.05, 0.1) is 15.0 Å². The molecule has 1 amide bonds. The van der Waals surface area contributed by atoms with Gasteiger partial charge in [0.2, 0.25) is 0 Å². The first-order valence-electron chi connectivity index (χ1n) is 10.5. The maximum atomic E-state index is 12.8.